The summed E-state index contributed by atoms with van der Waals surface area (Å²) in [5.41, 5.74) is 2.73. The van der Waals surface area contributed by atoms with E-state index in [4.69, 9.17) is 10.00 Å². The highest BCUT2D eigenvalue weighted by Gasteiger charge is 2.02. The zero-order valence-corrected chi connectivity index (χ0v) is 9.88. The van der Waals surface area contributed by atoms with Gasteiger partial charge in [-0.05, 0) is 17.7 Å². The molecule has 0 aliphatic rings. The highest BCUT2D eigenvalue weighted by atomic mass is 16.5. The fourth-order valence-corrected chi connectivity index (χ4v) is 1.58. The molecule has 90 valence electrons. The molecule has 2 aromatic rings. The maximum absolute atomic E-state index is 10.6. The first kappa shape index (κ1) is 12.0. The molecule has 0 fully saturated rings. The van der Waals surface area contributed by atoms with E-state index >= 15 is 0 Å². The lowest BCUT2D eigenvalue weighted by Gasteiger charge is -2.03. The van der Waals surface area contributed by atoms with Crippen LogP contribution in [0.4, 0.5) is 0 Å². The standard InChI is InChI=1S/C13H11N3O2/c1-9(17)18-5-4-10-2-3-12-13(6-10)15-8-11(7-14)16-12/h2-3,6,8H,4-5H2,1H3. The summed E-state index contributed by atoms with van der Waals surface area (Å²) in [5, 5.41) is 8.72. The molecular formula is C13H11N3O2. The molecule has 2 rings (SSSR count). The number of aromatic nitrogens is 2. The average molecular weight is 241 g/mol. The number of carbonyl (C=O) groups is 1. The lowest BCUT2D eigenvalue weighted by Crippen LogP contribution is -2.03. The minimum Gasteiger partial charge on any atom is -0.466 e. The number of rotatable bonds is 3. The van der Waals surface area contributed by atoms with Gasteiger partial charge in [0.1, 0.15) is 6.07 Å². The van der Waals surface area contributed by atoms with Crippen LogP contribution in [0.2, 0.25) is 0 Å². The third-order valence-corrected chi connectivity index (χ3v) is 2.42. The van der Waals surface area contributed by atoms with Crippen molar-refractivity contribution in [2.24, 2.45) is 0 Å². The second-order valence-corrected chi connectivity index (χ2v) is 3.78. The van der Waals surface area contributed by atoms with Crippen molar-refractivity contribution in [2.75, 3.05) is 6.61 Å². The number of benzene rings is 1. The van der Waals surface area contributed by atoms with Gasteiger partial charge >= 0.3 is 5.97 Å². The molecule has 0 N–H and O–H groups in total. The lowest BCUT2D eigenvalue weighted by atomic mass is 10.1. The van der Waals surface area contributed by atoms with Gasteiger partial charge in [-0.15, -0.1) is 0 Å². The summed E-state index contributed by atoms with van der Waals surface area (Å²) in [6.07, 6.45) is 2.08. The Hall–Kier alpha value is -2.48. The molecule has 0 bridgehead atoms. The van der Waals surface area contributed by atoms with Crippen LogP contribution in [-0.4, -0.2) is 22.5 Å². The molecular weight excluding hydrogens is 230 g/mol. The third-order valence-electron chi connectivity index (χ3n) is 2.42. The predicted molar refractivity (Wildman–Crippen MR) is 64.6 cm³/mol. The summed E-state index contributed by atoms with van der Waals surface area (Å²) >= 11 is 0. The van der Waals surface area contributed by atoms with Crippen LogP contribution in [0, 0.1) is 11.3 Å². The van der Waals surface area contributed by atoms with Crippen molar-refractivity contribution >= 4 is 17.0 Å². The number of fused-ring (bicyclic) bond motifs is 1. The molecule has 0 aliphatic heterocycles. The van der Waals surface area contributed by atoms with Crippen molar-refractivity contribution in [3.63, 3.8) is 0 Å². The maximum Gasteiger partial charge on any atom is 0.302 e. The second kappa shape index (κ2) is 5.23. The molecule has 1 heterocycles. The van der Waals surface area contributed by atoms with Crippen molar-refractivity contribution < 1.29 is 9.53 Å². The molecule has 1 aromatic carbocycles. The van der Waals surface area contributed by atoms with Gasteiger partial charge in [0, 0.05) is 13.3 Å². The van der Waals surface area contributed by atoms with Gasteiger partial charge in [-0.3, -0.25) is 9.78 Å². The van der Waals surface area contributed by atoms with Gasteiger partial charge in [0.25, 0.3) is 0 Å². The minimum absolute atomic E-state index is 0.283. The summed E-state index contributed by atoms with van der Waals surface area (Å²) in [7, 11) is 0. The molecule has 0 spiro atoms. The Balaban J connectivity index is 2.18. The molecule has 0 atom stereocenters. The highest BCUT2D eigenvalue weighted by Crippen LogP contribution is 2.12. The number of esters is 1. The molecule has 0 radical (unpaired) electrons. The van der Waals surface area contributed by atoms with E-state index in [9.17, 15) is 4.79 Å². The third kappa shape index (κ3) is 2.80. The summed E-state index contributed by atoms with van der Waals surface area (Å²) in [4.78, 5) is 18.9. The summed E-state index contributed by atoms with van der Waals surface area (Å²) in [5.74, 6) is -0.283. The van der Waals surface area contributed by atoms with E-state index in [0.717, 1.165) is 11.1 Å². The Bertz CT molecular complexity index is 632. The molecule has 18 heavy (non-hydrogen) atoms. The van der Waals surface area contributed by atoms with E-state index in [1.807, 2.05) is 24.3 Å². The fraction of sp³-hybridized carbons (Fsp3) is 0.231. The number of hydrogen-bond acceptors (Lipinski definition) is 5. The van der Waals surface area contributed by atoms with Crippen LogP contribution >= 0.6 is 0 Å². The zero-order chi connectivity index (χ0) is 13.0. The smallest absolute Gasteiger partial charge is 0.302 e. The second-order valence-electron chi connectivity index (χ2n) is 3.78. The molecule has 0 saturated carbocycles. The topological polar surface area (TPSA) is 75.9 Å². The number of ether oxygens (including phenoxy) is 1. The molecule has 1 aromatic heterocycles. The van der Waals surface area contributed by atoms with Crippen LogP contribution in [0.3, 0.4) is 0 Å². The van der Waals surface area contributed by atoms with E-state index < -0.39 is 0 Å². The van der Waals surface area contributed by atoms with Crippen molar-refractivity contribution in [1.29, 1.82) is 5.26 Å². The Kier molecular flexibility index (Phi) is 3.49. The van der Waals surface area contributed by atoms with Crippen LogP contribution in [0.25, 0.3) is 11.0 Å². The SMILES string of the molecule is CC(=O)OCCc1ccc2nc(C#N)cnc2c1. The maximum atomic E-state index is 10.6. The van der Waals surface area contributed by atoms with Crippen LogP contribution in [0.15, 0.2) is 24.4 Å². The predicted octanol–water partition coefficient (Wildman–Crippen LogP) is 1.61. The molecule has 0 amide bonds. The van der Waals surface area contributed by atoms with Crippen LogP contribution in [-0.2, 0) is 16.0 Å². The highest BCUT2D eigenvalue weighted by molar-refractivity contribution is 5.75. The number of nitrogens with zero attached hydrogens (tertiary/aromatic N) is 3. The van der Waals surface area contributed by atoms with Crippen LogP contribution in [0.1, 0.15) is 18.2 Å². The Labute approximate surface area is 104 Å². The van der Waals surface area contributed by atoms with Gasteiger partial charge in [0.15, 0.2) is 5.69 Å². The van der Waals surface area contributed by atoms with Gasteiger partial charge < -0.3 is 4.74 Å². The van der Waals surface area contributed by atoms with E-state index in [-0.39, 0.29) is 5.97 Å². The average Bonchev–Trinajstić information content (AvgIpc) is 2.37. The molecule has 5 heteroatoms. The van der Waals surface area contributed by atoms with Crippen molar-refractivity contribution in [2.45, 2.75) is 13.3 Å². The summed E-state index contributed by atoms with van der Waals surface area (Å²) in [6.45, 7) is 1.74. The first-order valence-electron chi connectivity index (χ1n) is 5.48. The molecule has 0 unspecified atom stereocenters. The van der Waals surface area contributed by atoms with Crippen molar-refractivity contribution in [1.82, 2.24) is 9.97 Å². The van der Waals surface area contributed by atoms with E-state index in [0.29, 0.717) is 24.2 Å². The van der Waals surface area contributed by atoms with Gasteiger partial charge in [0.2, 0.25) is 0 Å². The largest absolute Gasteiger partial charge is 0.466 e. The Morgan fingerprint density at radius 1 is 1.44 bits per heavy atom. The van der Waals surface area contributed by atoms with Gasteiger partial charge in [-0.2, -0.15) is 5.26 Å². The van der Waals surface area contributed by atoms with Crippen LogP contribution < -0.4 is 0 Å². The van der Waals surface area contributed by atoms with E-state index in [2.05, 4.69) is 9.97 Å². The number of hydrogen-bond donors (Lipinski definition) is 0. The monoisotopic (exact) mass is 241 g/mol. The molecule has 0 saturated heterocycles. The summed E-state index contributed by atoms with van der Waals surface area (Å²) in [6, 6.07) is 7.53. The van der Waals surface area contributed by atoms with Crippen LogP contribution in [0.5, 0.6) is 0 Å². The number of carbonyl (C=O) groups excluding carboxylic acids is 1. The van der Waals surface area contributed by atoms with Gasteiger partial charge in [-0.25, -0.2) is 4.98 Å². The quantitative estimate of drug-likeness (QED) is 0.763. The van der Waals surface area contributed by atoms with Gasteiger partial charge in [0.05, 0.1) is 23.8 Å². The van der Waals surface area contributed by atoms with E-state index in [1.54, 1.807) is 0 Å². The van der Waals surface area contributed by atoms with Crippen molar-refractivity contribution in [3.05, 3.63) is 35.7 Å². The first-order chi connectivity index (χ1) is 8.69. The minimum atomic E-state index is -0.283. The fourth-order valence-electron chi connectivity index (χ4n) is 1.58. The summed E-state index contributed by atoms with van der Waals surface area (Å²) < 4.78 is 4.88. The lowest BCUT2D eigenvalue weighted by molar-refractivity contribution is -0.140. The zero-order valence-electron chi connectivity index (χ0n) is 9.88. The first-order valence-corrected chi connectivity index (χ1v) is 5.48. The molecule has 5 nitrogen and oxygen atoms in total. The molecule has 0 aliphatic carbocycles. The Morgan fingerprint density at radius 3 is 3.00 bits per heavy atom. The van der Waals surface area contributed by atoms with Gasteiger partial charge in [-0.1, -0.05) is 6.07 Å². The normalized spacial score (nSPS) is 10.0. The number of nitriles is 1. The van der Waals surface area contributed by atoms with Crippen molar-refractivity contribution in [3.8, 4) is 6.07 Å². The Morgan fingerprint density at radius 2 is 2.28 bits per heavy atom. The van der Waals surface area contributed by atoms with E-state index in [1.165, 1.54) is 13.1 Å².